The highest BCUT2D eigenvalue weighted by atomic mass is 16.5. The van der Waals surface area contributed by atoms with Crippen LogP contribution in [0.5, 0.6) is 5.75 Å². The molecule has 3 amide bonds. The van der Waals surface area contributed by atoms with Crippen LogP contribution in [0.2, 0.25) is 0 Å². The summed E-state index contributed by atoms with van der Waals surface area (Å²) in [5.41, 5.74) is 2.96. The Morgan fingerprint density at radius 2 is 1.56 bits per heavy atom. The van der Waals surface area contributed by atoms with Crippen LogP contribution < -0.4 is 14.5 Å². The number of amides is 3. The topological polar surface area (TPSA) is 84.0 Å². The molecule has 0 spiro atoms. The van der Waals surface area contributed by atoms with Gasteiger partial charge in [-0.1, -0.05) is 30.4 Å². The largest absolute Gasteiger partial charge is 0.426 e. The number of hydrogen-bond acceptors (Lipinski definition) is 5. The van der Waals surface area contributed by atoms with Crippen molar-refractivity contribution in [2.75, 3.05) is 16.3 Å². The first-order valence-electron chi connectivity index (χ1n) is 11.6. The number of carbonyl (C=O) groups excluding carboxylic acids is 4. The molecule has 3 atom stereocenters. The number of imide groups is 1. The fourth-order valence-corrected chi connectivity index (χ4v) is 5.14. The molecule has 174 valence electrons. The monoisotopic (exact) mass is 458 g/mol. The van der Waals surface area contributed by atoms with E-state index in [4.69, 9.17) is 4.74 Å². The number of carbonyl (C=O) groups is 4. The molecule has 2 heterocycles. The van der Waals surface area contributed by atoms with E-state index < -0.39 is 11.9 Å². The van der Waals surface area contributed by atoms with E-state index in [1.807, 2.05) is 43.3 Å². The van der Waals surface area contributed by atoms with Gasteiger partial charge in [0.05, 0.1) is 23.4 Å². The molecule has 5 rings (SSSR count). The Hall–Kier alpha value is -3.74. The van der Waals surface area contributed by atoms with Crippen molar-refractivity contribution >= 4 is 35.1 Å². The maximum absolute atomic E-state index is 12.9. The summed E-state index contributed by atoms with van der Waals surface area (Å²) in [6.45, 7) is 3.99. The summed E-state index contributed by atoms with van der Waals surface area (Å²) in [5, 5.41) is 0. The minimum absolute atomic E-state index is 0.0951. The summed E-state index contributed by atoms with van der Waals surface area (Å²) >= 11 is 0. The van der Waals surface area contributed by atoms with Crippen molar-refractivity contribution in [3.8, 4) is 5.75 Å². The molecular formula is C27H26N2O5. The van der Waals surface area contributed by atoms with E-state index in [0.717, 1.165) is 11.3 Å². The second-order valence-corrected chi connectivity index (χ2v) is 9.23. The third-order valence-electron chi connectivity index (χ3n) is 7.00. The Morgan fingerprint density at radius 1 is 0.882 bits per heavy atom. The second kappa shape index (κ2) is 8.56. The van der Waals surface area contributed by atoms with Crippen LogP contribution in [0.1, 0.15) is 30.4 Å². The molecule has 2 saturated heterocycles. The van der Waals surface area contributed by atoms with Gasteiger partial charge in [0.15, 0.2) is 0 Å². The zero-order valence-corrected chi connectivity index (χ0v) is 19.2. The maximum atomic E-state index is 12.9. The number of benzene rings is 2. The second-order valence-electron chi connectivity index (χ2n) is 9.23. The molecule has 7 heteroatoms. The van der Waals surface area contributed by atoms with Crippen LogP contribution in [-0.2, 0) is 19.2 Å². The molecule has 2 aliphatic heterocycles. The van der Waals surface area contributed by atoms with Gasteiger partial charge in [0.25, 0.3) is 0 Å². The smallest absolute Gasteiger partial charge is 0.316 e. The van der Waals surface area contributed by atoms with Crippen molar-refractivity contribution < 1.29 is 23.9 Å². The third kappa shape index (κ3) is 3.71. The molecule has 1 aliphatic carbocycles. The molecule has 7 nitrogen and oxygen atoms in total. The molecule has 0 bridgehead atoms. The zero-order valence-electron chi connectivity index (χ0n) is 19.2. The number of hydrogen-bond donors (Lipinski definition) is 0. The Bertz CT molecular complexity index is 1210. The summed E-state index contributed by atoms with van der Waals surface area (Å²) in [5.74, 6) is -1.76. The van der Waals surface area contributed by atoms with Gasteiger partial charge in [-0.05, 0) is 62.1 Å². The van der Waals surface area contributed by atoms with Crippen molar-refractivity contribution in [1.82, 2.24) is 0 Å². The highest BCUT2D eigenvalue weighted by Gasteiger charge is 2.48. The Balaban J connectivity index is 1.29. The highest BCUT2D eigenvalue weighted by molar-refractivity contribution is 6.22. The predicted molar refractivity (Wildman–Crippen MR) is 126 cm³/mol. The first kappa shape index (κ1) is 22.1. The number of aryl methyl sites for hydroxylation is 2. The lowest BCUT2D eigenvalue weighted by Gasteiger charge is -2.19. The van der Waals surface area contributed by atoms with Crippen LogP contribution in [-0.4, -0.2) is 30.2 Å². The molecule has 0 saturated carbocycles. The van der Waals surface area contributed by atoms with Crippen LogP contribution in [0.3, 0.4) is 0 Å². The molecule has 0 aromatic heterocycles. The number of esters is 1. The van der Waals surface area contributed by atoms with Crippen LogP contribution in [0, 0.1) is 31.6 Å². The van der Waals surface area contributed by atoms with Crippen LogP contribution in [0.15, 0.2) is 54.6 Å². The lowest BCUT2D eigenvalue weighted by atomic mass is 9.85. The molecule has 34 heavy (non-hydrogen) atoms. The van der Waals surface area contributed by atoms with Gasteiger partial charge in [-0.25, -0.2) is 4.90 Å². The van der Waals surface area contributed by atoms with Crippen LogP contribution in [0.4, 0.5) is 11.4 Å². The third-order valence-corrected chi connectivity index (χ3v) is 7.00. The average Bonchev–Trinajstić information content (AvgIpc) is 3.33. The van der Waals surface area contributed by atoms with E-state index in [1.165, 1.54) is 4.90 Å². The van der Waals surface area contributed by atoms with Gasteiger partial charge < -0.3 is 9.64 Å². The van der Waals surface area contributed by atoms with Gasteiger partial charge in [-0.3, -0.25) is 19.2 Å². The predicted octanol–water partition coefficient (Wildman–Crippen LogP) is 3.72. The minimum Gasteiger partial charge on any atom is -0.426 e. The molecule has 2 aromatic carbocycles. The van der Waals surface area contributed by atoms with Crippen molar-refractivity contribution in [3.63, 3.8) is 0 Å². The fraction of sp³-hybridized carbons (Fsp3) is 0.333. The van der Waals surface area contributed by atoms with Gasteiger partial charge in [0.2, 0.25) is 17.7 Å². The quantitative estimate of drug-likeness (QED) is 0.302. The molecule has 3 aliphatic rings. The standard InChI is InChI=1S/C27H26N2O5/c1-16-7-3-6-10-22(16)28-15-18(14-24(28)30)27(33)34-19-11-12-23(17(2)13-19)29-25(31)20-8-4-5-9-21(20)26(29)32/h3-7,10-13,18,20-21H,8-9,14-15H2,1-2H3/t18-,20+,21+/m1/s1. The van der Waals surface area contributed by atoms with E-state index in [1.54, 1.807) is 30.0 Å². The van der Waals surface area contributed by atoms with Gasteiger partial charge in [-0.15, -0.1) is 0 Å². The summed E-state index contributed by atoms with van der Waals surface area (Å²) in [6.07, 6.45) is 5.18. The van der Waals surface area contributed by atoms with Crippen LogP contribution in [0.25, 0.3) is 0 Å². The number of para-hydroxylation sites is 1. The van der Waals surface area contributed by atoms with E-state index >= 15 is 0 Å². The SMILES string of the molecule is Cc1ccccc1N1C[C@H](C(=O)Oc2ccc(N3C(=O)[C@H]4CC=CC[C@@H]4C3=O)c(C)c2)CC1=O. The summed E-state index contributed by atoms with van der Waals surface area (Å²) in [6, 6.07) is 12.5. The maximum Gasteiger partial charge on any atom is 0.316 e. The van der Waals surface area contributed by atoms with Gasteiger partial charge in [-0.2, -0.15) is 0 Å². The normalized spacial score (nSPS) is 24.1. The first-order valence-corrected chi connectivity index (χ1v) is 11.6. The van der Waals surface area contributed by atoms with Gasteiger partial charge in [0.1, 0.15) is 5.75 Å². The van der Waals surface area contributed by atoms with Crippen molar-refractivity contribution in [2.24, 2.45) is 17.8 Å². The number of ether oxygens (including phenoxy) is 1. The summed E-state index contributed by atoms with van der Waals surface area (Å²) in [4.78, 5) is 54.1. The number of rotatable bonds is 4. The lowest BCUT2D eigenvalue weighted by Crippen LogP contribution is -2.31. The number of fused-ring (bicyclic) bond motifs is 1. The molecule has 0 unspecified atom stereocenters. The number of anilines is 2. The number of nitrogens with zero attached hydrogens (tertiary/aromatic N) is 2. The molecule has 2 aromatic rings. The van der Waals surface area contributed by atoms with Crippen molar-refractivity contribution in [3.05, 3.63) is 65.7 Å². The first-order chi connectivity index (χ1) is 16.3. The van der Waals surface area contributed by atoms with E-state index in [-0.39, 0.29) is 42.5 Å². The average molecular weight is 459 g/mol. The Morgan fingerprint density at radius 3 is 2.21 bits per heavy atom. The molecule has 2 fully saturated rings. The Kier molecular flexibility index (Phi) is 5.55. The van der Waals surface area contributed by atoms with Gasteiger partial charge in [0, 0.05) is 18.7 Å². The lowest BCUT2D eigenvalue weighted by molar-refractivity contribution is -0.139. The fourth-order valence-electron chi connectivity index (χ4n) is 5.14. The van der Waals surface area contributed by atoms with E-state index in [0.29, 0.717) is 29.8 Å². The number of allylic oxidation sites excluding steroid dienone is 2. The van der Waals surface area contributed by atoms with Crippen LogP contribution >= 0.6 is 0 Å². The highest BCUT2D eigenvalue weighted by Crippen LogP contribution is 2.39. The molecular weight excluding hydrogens is 432 g/mol. The summed E-state index contributed by atoms with van der Waals surface area (Å²) < 4.78 is 5.59. The van der Waals surface area contributed by atoms with E-state index in [2.05, 4.69) is 0 Å². The zero-order chi connectivity index (χ0) is 24.0. The summed E-state index contributed by atoms with van der Waals surface area (Å²) in [7, 11) is 0. The van der Waals surface area contributed by atoms with E-state index in [9.17, 15) is 19.2 Å². The molecule has 0 N–H and O–H groups in total. The minimum atomic E-state index is -0.565. The van der Waals surface area contributed by atoms with Crippen molar-refractivity contribution in [2.45, 2.75) is 33.1 Å². The molecule has 0 radical (unpaired) electrons. The Labute approximate surface area is 198 Å². The van der Waals surface area contributed by atoms with Gasteiger partial charge >= 0.3 is 5.97 Å². The van der Waals surface area contributed by atoms with Crippen molar-refractivity contribution in [1.29, 1.82) is 0 Å².